The van der Waals surface area contributed by atoms with Crippen molar-refractivity contribution in [3.8, 4) is 28.9 Å². The first-order chi connectivity index (χ1) is 19.3. The van der Waals surface area contributed by atoms with E-state index in [9.17, 15) is 22.8 Å². The van der Waals surface area contributed by atoms with Gasteiger partial charge in [-0.3, -0.25) is 9.59 Å². The second-order valence-corrected chi connectivity index (χ2v) is 10.2. The van der Waals surface area contributed by atoms with E-state index < -0.39 is 29.4 Å². The Morgan fingerprint density at radius 1 is 1.10 bits per heavy atom. The quantitative estimate of drug-likeness (QED) is 0.275. The van der Waals surface area contributed by atoms with Crippen LogP contribution in [0.15, 0.2) is 54.7 Å². The van der Waals surface area contributed by atoms with Crippen molar-refractivity contribution in [3.63, 3.8) is 0 Å². The summed E-state index contributed by atoms with van der Waals surface area (Å²) in [6, 6.07) is 11.6. The van der Waals surface area contributed by atoms with Crippen LogP contribution >= 0.6 is 0 Å². The number of carbonyl (C=O) groups is 2. The lowest BCUT2D eigenvalue weighted by Crippen LogP contribution is -2.39. The average molecular weight is 573 g/mol. The number of nitrogens with one attached hydrogen (secondary N) is 1. The van der Waals surface area contributed by atoms with E-state index in [0.29, 0.717) is 47.8 Å². The molecule has 0 fully saturated rings. The normalized spacial score (nSPS) is 14.4. The molecule has 2 heterocycles. The molecule has 218 valence electrons. The highest BCUT2D eigenvalue weighted by molar-refractivity contribution is 6.00. The number of aromatic nitrogens is 1. The molecule has 3 aromatic rings. The Kier molecular flexibility index (Phi) is 8.74. The minimum Gasteiger partial charge on any atom is -0.490 e. The number of pyridine rings is 1. The van der Waals surface area contributed by atoms with Gasteiger partial charge in [-0.05, 0) is 69.7 Å². The molecule has 2 aromatic carbocycles. The molecule has 1 N–H and O–H groups in total. The largest absolute Gasteiger partial charge is 0.490 e. The monoisotopic (exact) mass is 572 g/mol. The summed E-state index contributed by atoms with van der Waals surface area (Å²) in [5.74, 6) is 1.07. The van der Waals surface area contributed by atoms with Gasteiger partial charge in [-0.2, -0.15) is 13.2 Å². The maximum atomic E-state index is 12.9. The average Bonchev–Trinajstić information content (AvgIpc) is 3.24. The van der Waals surface area contributed by atoms with Gasteiger partial charge in [0.1, 0.15) is 17.1 Å². The van der Waals surface area contributed by atoms with Crippen molar-refractivity contribution in [3.05, 3.63) is 71.4 Å². The van der Waals surface area contributed by atoms with E-state index in [1.165, 1.54) is 12.1 Å². The van der Waals surface area contributed by atoms with Crippen LogP contribution < -0.4 is 24.3 Å². The topological polar surface area (TPSA) is 96.0 Å². The first kappa shape index (κ1) is 29.7. The molecule has 4 rings (SSSR count). The Morgan fingerprint density at radius 2 is 1.80 bits per heavy atom. The summed E-state index contributed by atoms with van der Waals surface area (Å²) in [6.07, 6.45) is -3.27. The van der Waals surface area contributed by atoms with Crippen molar-refractivity contribution in [2.45, 2.75) is 58.4 Å². The molecule has 11 heteroatoms. The van der Waals surface area contributed by atoms with Gasteiger partial charge in [0.2, 0.25) is 5.88 Å². The Bertz CT molecular complexity index is 1390. The molecule has 0 saturated heterocycles. The van der Waals surface area contributed by atoms with Crippen LogP contribution in [0.4, 0.5) is 13.2 Å². The van der Waals surface area contributed by atoms with Gasteiger partial charge < -0.3 is 24.3 Å². The van der Waals surface area contributed by atoms with Gasteiger partial charge in [0.15, 0.2) is 23.4 Å². The minimum absolute atomic E-state index is 0.00672. The number of ether oxygens (including phenoxy) is 4. The third kappa shape index (κ3) is 7.68. The molecule has 0 aliphatic carbocycles. The fourth-order valence-corrected chi connectivity index (χ4v) is 4.14. The Labute approximate surface area is 235 Å². The minimum atomic E-state index is -4.48. The lowest BCUT2D eigenvalue weighted by Gasteiger charge is -2.18. The van der Waals surface area contributed by atoms with E-state index >= 15 is 0 Å². The third-order valence-corrected chi connectivity index (χ3v) is 6.13. The lowest BCUT2D eigenvalue weighted by molar-refractivity contribution is -0.137. The van der Waals surface area contributed by atoms with Gasteiger partial charge >= 0.3 is 6.18 Å². The number of fused-ring (bicyclic) bond motifs is 1. The number of benzene rings is 2. The van der Waals surface area contributed by atoms with Gasteiger partial charge in [-0.1, -0.05) is 6.92 Å². The zero-order chi connectivity index (χ0) is 29.8. The van der Waals surface area contributed by atoms with Gasteiger partial charge in [0.25, 0.3) is 5.91 Å². The number of carbonyl (C=O) groups excluding carboxylic acids is 2. The highest BCUT2D eigenvalue weighted by Gasteiger charge is 2.34. The van der Waals surface area contributed by atoms with E-state index in [2.05, 4.69) is 10.3 Å². The highest BCUT2D eigenvalue weighted by Crippen LogP contribution is 2.43. The number of Topliss-reactive ketones (excluding diaryl/α,β-unsaturated/α-hetero) is 1. The molecule has 0 spiro atoms. The fourth-order valence-electron chi connectivity index (χ4n) is 4.14. The van der Waals surface area contributed by atoms with Gasteiger partial charge in [-0.15, -0.1) is 0 Å². The van der Waals surface area contributed by atoms with E-state index in [-0.39, 0.29) is 18.2 Å². The van der Waals surface area contributed by atoms with E-state index in [4.69, 9.17) is 18.9 Å². The molecule has 0 saturated carbocycles. The third-order valence-electron chi connectivity index (χ3n) is 6.13. The van der Waals surface area contributed by atoms with Crippen molar-refractivity contribution >= 4 is 11.7 Å². The SMILES string of the molecule is CCCOc1cc(C(=O)CNC(=O)[C@@H](C)Oc2ccc(Oc3ccc(C(F)(F)F)cn3)cc2)cc2c1OC(C)(C)C2. The molecular formula is C30H31F3N2O6. The van der Waals surface area contributed by atoms with Crippen molar-refractivity contribution in [1.82, 2.24) is 10.3 Å². The van der Waals surface area contributed by atoms with Crippen molar-refractivity contribution < 1.29 is 41.7 Å². The highest BCUT2D eigenvalue weighted by atomic mass is 19.4. The number of hydrogen-bond donors (Lipinski definition) is 1. The molecule has 1 aliphatic heterocycles. The number of amides is 1. The number of alkyl halides is 3. The van der Waals surface area contributed by atoms with Crippen LogP contribution in [0.3, 0.4) is 0 Å². The summed E-state index contributed by atoms with van der Waals surface area (Å²) in [4.78, 5) is 29.2. The summed E-state index contributed by atoms with van der Waals surface area (Å²) in [7, 11) is 0. The second kappa shape index (κ2) is 12.1. The molecule has 1 atom stereocenters. The zero-order valence-corrected chi connectivity index (χ0v) is 23.1. The van der Waals surface area contributed by atoms with Crippen LogP contribution in [0.5, 0.6) is 28.9 Å². The van der Waals surface area contributed by atoms with E-state index in [1.807, 2.05) is 20.8 Å². The summed E-state index contributed by atoms with van der Waals surface area (Å²) in [5, 5.41) is 2.61. The molecule has 1 aliphatic rings. The standard InChI is InChI=1S/C30H31F3N2O6/c1-5-12-38-25-14-19(13-20-15-29(3,4)41-27(20)25)24(36)17-35-28(37)18(2)39-22-7-9-23(10-8-22)40-26-11-6-21(16-34-26)30(31,32)33/h6-11,13-14,16,18H,5,12,15,17H2,1-4H3,(H,35,37)/t18-/m1/s1. The van der Waals surface area contributed by atoms with Crippen LogP contribution in [-0.4, -0.2) is 41.5 Å². The molecule has 0 unspecified atom stereocenters. The smallest absolute Gasteiger partial charge is 0.417 e. The number of halogens is 3. The Balaban J connectivity index is 1.31. The fraction of sp³-hybridized carbons (Fsp3) is 0.367. The Hall–Kier alpha value is -4.28. The van der Waals surface area contributed by atoms with Crippen LogP contribution in [-0.2, 0) is 17.4 Å². The molecule has 8 nitrogen and oxygen atoms in total. The summed E-state index contributed by atoms with van der Waals surface area (Å²) in [6.45, 7) is 7.73. The number of hydrogen-bond acceptors (Lipinski definition) is 7. The molecular weight excluding hydrogens is 541 g/mol. The van der Waals surface area contributed by atoms with Crippen molar-refractivity contribution in [1.29, 1.82) is 0 Å². The second-order valence-electron chi connectivity index (χ2n) is 10.2. The lowest BCUT2D eigenvalue weighted by atomic mass is 9.98. The summed E-state index contributed by atoms with van der Waals surface area (Å²) in [5.41, 5.74) is 0.0255. The zero-order valence-electron chi connectivity index (χ0n) is 23.1. The van der Waals surface area contributed by atoms with Crippen molar-refractivity contribution in [2.75, 3.05) is 13.2 Å². The van der Waals surface area contributed by atoms with Gasteiger partial charge in [0.05, 0.1) is 18.7 Å². The molecule has 0 bridgehead atoms. The van der Waals surface area contributed by atoms with Gasteiger partial charge in [-0.25, -0.2) is 4.98 Å². The molecule has 0 radical (unpaired) electrons. The molecule has 1 amide bonds. The molecule has 41 heavy (non-hydrogen) atoms. The first-order valence-electron chi connectivity index (χ1n) is 13.1. The summed E-state index contributed by atoms with van der Waals surface area (Å²) >= 11 is 0. The molecule has 1 aromatic heterocycles. The van der Waals surface area contributed by atoms with E-state index in [0.717, 1.165) is 24.1 Å². The predicted molar refractivity (Wildman–Crippen MR) is 144 cm³/mol. The predicted octanol–water partition coefficient (Wildman–Crippen LogP) is 6.16. The number of nitrogens with zero attached hydrogens (tertiary/aromatic N) is 1. The number of rotatable bonds is 11. The maximum absolute atomic E-state index is 12.9. The van der Waals surface area contributed by atoms with Crippen LogP contribution in [0.2, 0.25) is 0 Å². The Morgan fingerprint density at radius 3 is 2.44 bits per heavy atom. The van der Waals surface area contributed by atoms with Crippen molar-refractivity contribution in [2.24, 2.45) is 0 Å². The maximum Gasteiger partial charge on any atom is 0.417 e. The summed E-state index contributed by atoms with van der Waals surface area (Å²) < 4.78 is 61.0. The van der Waals surface area contributed by atoms with Crippen LogP contribution in [0.1, 0.15) is 55.6 Å². The van der Waals surface area contributed by atoms with Crippen LogP contribution in [0.25, 0.3) is 0 Å². The first-order valence-corrected chi connectivity index (χ1v) is 13.1. The number of ketones is 1. The van der Waals surface area contributed by atoms with Gasteiger partial charge in [0, 0.05) is 29.8 Å². The van der Waals surface area contributed by atoms with Crippen LogP contribution in [0, 0.1) is 0 Å². The van der Waals surface area contributed by atoms with E-state index in [1.54, 1.807) is 31.2 Å².